The molecule has 1 aromatic rings. The van der Waals surface area contributed by atoms with Crippen LogP contribution in [0.4, 0.5) is 0 Å². The Bertz CT molecular complexity index is 413. The van der Waals surface area contributed by atoms with Gasteiger partial charge in [-0.2, -0.15) is 0 Å². The summed E-state index contributed by atoms with van der Waals surface area (Å²) in [5, 5.41) is 3.27. The Morgan fingerprint density at radius 3 is 2.68 bits per heavy atom. The molecule has 0 fully saturated rings. The van der Waals surface area contributed by atoms with E-state index >= 15 is 0 Å². The number of hydrogen-bond donors (Lipinski definition) is 2. The average molecular weight is 286 g/mol. The lowest BCUT2D eigenvalue weighted by atomic mass is 10.1. The fourth-order valence-corrected chi connectivity index (χ4v) is 2.22. The molecule has 0 aliphatic carbocycles. The van der Waals surface area contributed by atoms with Crippen LogP contribution in [0.5, 0.6) is 5.75 Å². The van der Waals surface area contributed by atoms with Gasteiger partial charge in [0.1, 0.15) is 5.75 Å². The predicted molar refractivity (Wildman–Crippen MR) is 77.5 cm³/mol. The quantitative estimate of drug-likeness (QED) is 0.660. The van der Waals surface area contributed by atoms with Gasteiger partial charge in [-0.15, -0.1) is 0 Å². The number of rotatable bonds is 9. The van der Waals surface area contributed by atoms with Gasteiger partial charge in [0.15, 0.2) is 0 Å². The summed E-state index contributed by atoms with van der Waals surface area (Å²) in [6.07, 6.45) is 0. The topological polar surface area (TPSA) is 59.6 Å². The van der Waals surface area contributed by atoms with E-state index in [1.54, 1.807) is 21.3 Å². The van der Waals surface area contributed by atoms with Crippen molar-refractivity contribution < 1.29 is 13.7 Å². The second-order valence-electron chi connectivity index (χ2n) is 4.00. The SMILES string of the molecule is CNS(=O)CCNCc1ccc(OC)cc1COC. The van der Waals surface area contributed by atoms with Crippen molar-refractivity contribution in [2.75, 3.05) is 33.6 Å². The molecule has 0 saturated heterocycles. The van der Waals surface area contributed by atoms with Gasteiger partial charge >= 0.3 is 0 Å². The van der Waals surface area contributed by atoms with Crippen LogP contribution < -0.4 is 14.8 Å². The van der Waals surface area contributed by atoms with Crippen LogP contribution in [0, 0.1) is 0 Å². The predicted octanol–water partition coefficient (Wildman–Crippen LogP) is 0.814. The highest BCUT2D eigenvalue weighted by atomic mass is 32.2. The summed E-state index contributed by atoms with van der Waals surface area (Å²) in [6, 6.07) is 5.93. The molecule has 0 heterocycles. The standard InChI is InChI=1S/C13H22N2O3S/c1-14-19(16)7-6-15-9-11-4-5-13(18-3)8-12(11)10-17-2/h4-5,8,14-15H,6-7,9-10H2,1-3H3. The maximum absolute atomic E-state index is 11.2. The minimum Gasteiger partial charge on any atom is -0.497 e. The molecular formula is C13H22N2O3S. The largest absolute Gasteiger partial charge is 0.497 e. The van der Waals surface area contributed by atoms with E-state index < -0.39 is 11.0 Å². The van der Waals surface area contributed by atoms with Crippen molar-refractivity contribution in [3.8, 4) is 5.75 Å². The fraction of sp³-hybridized carbons (Fsp3) is 0.538. The third-order valence-corrected chi connectivity index (χ3v) is 3.75. The van der Waals surface area contributed by atoms with Gasteiger partial charge < -0.3 is 14.8 Å². The molecule has 0 aliphatic heterocycles. The van der Waals surface area contributed by atoms with E-state index in [4.69, 9.17) is 9.47 Å². The van der Waals surface area contributed by atoms with Gasteiger partial charge in [0, 0.05) is 20.2 Å². The molecule has 0 amide bonds. The molecule has 1 rings (SSSR count). The second-order valence-corrected chi connectivity index (χ2v) is 5.51. The molecule has 1 unspecified atom stereocenters. The highest BCUT2D eigenvalue weighted by molar-refractivity contribution is 7.83. The highest BCUT2D eigenvalue weighted by Crippen LogP contribution is 2.18. The molecule has 0 aromatic heterocycles. The molecule has 1 aromatic carbocycles. The van der Waals surface area contributed by atoms with E-state index in [1.807, 2.05) is 18.2 Å². The van der Waals surface area contributed by atoms with Gasteiger partial charge in [-0.05, 0) is 30.3 Å². The molecule has 108 valence electrons. The Hall–Kier alpha value is -0.950. The van der Waals surface area contributed by atoms with Gasteiger partial charge in [0.05, 0.1) is 30.5 Å². The van der Waals surface area contributed by atoms with Crippen molar-refractivity contribution in [1.82, 2.24) is 10.0 Å². The zero-order chi connectivity index (χ0) is 14.1. The van der Waals surface area contributed by atoms with E-state index in [0.29, 0.717) is 18.9 Å². The Kier molecular flexibility index (Phi) is 7.66. The molecule has 0 spiro atoms. The van der Waals surface area contributed by atoms with Crippen molar-refractivity contribution >= 4 is 11.0 Å². The van der Waals surface area contributed by atoms with Crippen LogP contribution in [0.25, 0.3) is 0 Å². The smallest absolute Gasteiger partial charge is 0.119 e. The van der Waals surface area contributed by atoms with Crippen molar-refractivity contribution in [2.45, 2.75) is 13.2 Å². The molecule has 5 nitrogen and oxygen atoms in total. The zero-order valence-electron chi connectivity index (χ0n) is 11.7. The van der Waals surface area contributed by atoms with E-state index in [1.165, 1.54) is 0 Å². The molecule has 19 heavy (non-hydrogen) atoms. The van der Waals surface area contributed by atoms with Crippen LogP contribution in [0.3, 0.4) is 0 Å². The summed E-state index contributed by atoms with van der Waals surface area (Å²) in [5.41, 5.74) is 2.27. The maximum atomic E-state index is 11.2. The summed E-state index contributed by atoms with van der Waals surface area (Å²) in [6.45, 7) is 1.98. The number of methoxy groups -OCH3 is 2. The average Bonchev–Trinajstić information content (AvgIpc) is 2.44. The van der Waals surface area contributed by atoms with Crippen LogP contribution in [-0.4, -0.2) is 37.8 Å². The van der Waals surface area contributed by atoms with E-state index in [2.05, 4.69) is 10.0 Å². The van der Waals surface area contributed by atoms with Crippen molar-refractivity contribution in [3.63, 3.8) is 0 Å². The lowest BCUT2D eigenvalue weighted by molar-refractivity contribution is 0.183. The molecule has 0 saturated carbocycles. The van der Waals surface area contributed by atoms with Gasteiger partial charge in [-0.25, -0.2) is 8.93 Å². The number of ether oxygens (including phenoxy) is 2. The number of benzene rings is 1. The van der Waals surface area contributed by atoms with Crippen molar-refractivity contribution in [1.29, 1.82) is 0 Å². The Morgan fingerprint density at radius 2 is 2.05 bits per heavy atom. The van der Waals surface area contributed by atoms with Gasteiger partial charge in [0.2, 0.25) is 0 Å². The molecule has 0 aliphatic rings. The zero-order valence-corrected chi connectivity index (χ0v) is 12.5. The second kappa shape index (κ2) is 9.03. The first kappa shape index (κ1) is 16.1. The summed E-state index contributed by atoms with van der Waals surface area (Å²) in [5.74, 6) is 1.42. The third kappa shape index (κ3) is 5.69. The molecule has 6 heteroatoms. The number of nitrogens with one attached hydrogen (secondary N) is 2. The summed E-state index contributed by atoms with van der Waals surface area (Å²) >= 11 is 0. The third-order valence-electron chi connectivity index (χ3n) is 2.72. The highest BCUT2D eigenvalue weighted by Gasteiger charge is 2.04. The Balaban J connectivity index is 2.54. The molecule has 1 atom stereocenters. The number of hydrogen-bond acceptors (Lipinski definition) is 4. The van der Waals surface area contributed by atoms with E-state index in [-0.39, 0.29) is 0 Å². The molecule has 0 radical (unpaired) electrons. The van der Waals surface area contributed by atoms with Crippen molar-refractivity contribution in [3.05, 3.63) is 29.3 Å². The summed E-state index contributed by atoms with van der Waals surface area (Å²) in [7, 11) is 4.06. The lowest BCUT2D eigenvalue weighted by Crippen LogP contribution is -2.25. The molecule has 0 bridgehead atoms. The molecular weight excluding hydrogens is 264 g/mol. The van der Waals surface area contributed by atoms with E-state index in [0.717, 1.165) is 23.4 Å². The first-order valence-corrected chi connectivity index (χ1v) is 7.44. The first-order chi connectivity index (χ1) is 9.21. The van der Waals surface area contributed by atoms with Gasteiger partial charge in [-0.3, -0.25) is 0 Å². The van der Waals surface area contributed by atoms with Gasteiger partial charge in [-0.1, -0.05) is 6.07 Å². The van der Waals surface area contributed by atoms with Crippen LogP contribution in [-0.2, 0) is 28.9 Å². The fourth-order valence-electron chi connectivity index (χ4n) is 1.68. The van der Waals surface area contributed by atoms with Crippen LogP contribution in [0.1, 0.15) is 11.1 Å². The summed E-state index contributed by atoms with van der Waals surface area (Å²) in [4.78, 5) is 0. The van der Waals surface area contributed by atoms with Crippen LogP contribution >= 0.6 is 0 Å². The normalized spacial score (nSPS) is 12.4. The molecule has 2 N–H and O–H groups in total. The van der Waals surface area contributed by atoms with Crippen molar-refractivity contribution in [2.24, 2.45) is 0 Å². The lowest BCUT2D eigenvalue weighted by Gasteiger charge is -2.11. The van der Waals surface area contributed by atoms with Gasteiger partial charge in [0.25, 0.3) is 0 Å². The Morgan fingerprint density at radius 1 is 1.26 bits per heavy atom. The minimum absolute atomic E-state index is 0.552. The summed E-state index contributed by atoms with van der Waals surface area (Å²) < 4.78 is 24.3. The van der Waals surface area contributed by atoms with Crippen LogP contribution in [0.2, 0.25) is 0 Å². The monoisotopic (exact) mass is 286 g/mol. The minimum atomic E-state index is -0.956. The van der Waals surface area contributed by atoms with Crippen LogP contribution in [0.15, 0.2) is 18.2 Å². The maximum Gasteiger partial charge on any atom is 0.119 e. The van der Waals surface area contributed by atoms with E-state index in [9.17, 15) is 4.21 Å². The Labute approximate surface area is 117 Å². The first-order valence-electron chi connectivity index (χ1n) is 6.12.